The SMILES string of the molecule is C1=CC(OCc2ccccn2)=CC[NH2+]1.[OH-]. The van der Waals surface area contributed by atoms with Crippen LogP contribution in [0.2, 0.25) is 0 Å². The third kappa shape index (κ3) is 3.53. The van der Waals surface area contributed by atoms with E-state index in [1.807, 2.05) is 30.5 Å². The molecule has 0 atom stereocenters. The summed E-state index contributed by atoms with van der Waals surface area (Å²) in [6.07, 6.45) is 7.81. The van der Waals surface area contributed by atoms with E-state index in [-0.39, 0.29) is 5.48 Å². The lowest BCUT2D eigenvalue weighted by Crippen LogP contribution is -2.78. The molecule has 0 aromatic carbocycles. The minimum Gasteiger partial charge on any atom is -0.870 e. The molecule has 0 unspecified atom stereocenters. The van der Waals surface area contributed by atoms with Crippen molar-refractivity contribution in [2.75, 3.05) is 6.54 Å². The van der Waals surface area contributed by atoms with Crippen LogP contribution in [0.5, 0.6) is 0 Å². The molecule has 1 aliphatic heterocycles. The molecule has 1 aromatic rings. The van der Waals surface area contributed by atoms with Gasteiger partial charge in [0, 0.05) is 18.3 Å². The van der Waals surface area contributed by atoms with Gasteiger partial charge in [-0.25, -0.2) is 0 Å². The summed E-state index contributed by atoms with van der Waals surface area (Å²) in [7, 11) is 0. The zero-order valence-corrected chi connectivity index (χ0v) is 8.34. The monoisotopic (exact) mass is 206 g/mol. The maximum atomic E-state index is 5.56. The Morgan fingerprint density at radius 3 is 3.00 bits per heavy atom. The predicted molar refractivity (Wildman–Crippen MR) is 55.0 cm³/mol. The highest BCUT2D eigenvalue weighted by Gasteiger charge is 2.00. The lowest BCUT2D eigenvalue weighted by atomic mass is 10.3. The van der Waals surface area contributed by atoms with Crippen LogP contribution in [0.1, 0.15) is 5.69 Å². The highest BCUT2D eigenvalue weighted by molar-refractivity contribution is 5.12. The van der Waals surface area contributed by atoms with Gasteiger partial charge in [-0.2, -0.15) is 0 Å². The maximum absolute atomic E-state index is 5.56. The Balaban J connectivity index is 0.00000112. The summed E-state index contributed by atoms with van der Waals surface area (Å²) in [5, 5.41) is 2.09. The van der Waals surface area contributed by atoms with Gasteiger partial charge in [-0.1, -0.05) is 6.07 Å². The van der Waals surface area contributed by atoms with E-state index in [2.05, 4.69) is 16.4 Å². The molecular formula is C11H14N2O2. The fourth-order valence-electron chi connectivity index (χ4n) is 1.24. The molecule has 0 saturated heterocycles. The quantitative estimate of drug-likeness (QED) is 0.778. The summed E-state index contributed by atoms with van der Waals surface area (Å²) in [5.41, 5.74) is 0.955. The Labute approximate surface area is 88.6 Å². The number of aromatic nitrogens is 1. The van der Waals surface area contributed by atoms with Gasteiger partial charge in [0.05, 0.1) is 11.9 Å². The number of hydrogen-bond acceptors (Lipinski definition) is 3. The standard InChI is InChI=1S/C11H12N2O.H2O/c1-2-6-13-10(3-1)9-14-11-4-7-12-8-5-11;/h1-7,12H,8-9H2;1H2. The van der Waals surface area contributed by atoms with Crippen LogP contribution in [0.3, 0.4) is 0 Å². The van der Waals surface area contributed by atoms with Crippen LogP contribution >= 0.6 is 0 Å². The molecule has 1 aliphatic rings. The fourth-order valence-corrected chi connectivity index (χ4v) is 1.24. The summed E-state index contributed by atoms with van der Waals surface area (Å²) in [4.78, 5) is 4.18. The van der Waals surface area contributed by atoms with Gasteiger partial charge < -0.3 is 15.5 Å². The van der Waals surface area contributed by atoms with Crippen molar-refractivity contribution in [3.05, 3.63) is 54.2 Å². The van der Waals surface area contributed by atoms with Crippen LogP contribution in [0.4, 0.5) is 0 Å². The number of nitrogens with two attached hydrogens (primary N) is 1. The van der Waals surface area contributed by atoms with Crippen molar-refractivity contribution in [1.29, 1.82) is 0 Å². The molecule has 0 amide bonds. The van der Waals surface area contributed by atoms with Crippen molar-refractivity contribution < 1.29 is 15.5 Å². The van der Waals surface area contributed by atoms with Crippen molar-refractivity contribution >= 4 is 0 Å². The van der Waals surface area contributed by atoms with Crippen LogP contribution in [-0.4, -0.2) is 17.0 Å². The third-order valence-electron chi connectivity index (χ3n) is 1.96. The van der Waals surface area contributed by atoms with Gasteiger partial charge in [-0.3, -0.25) is 4.98 Å². The number of hydrogen-bond donors (Lipinski definition) is 1. The van der Waals surface area contributed by atoms with Crippen molar-refractivity contribution in [3.8, 4) is 0 Å². The van der Waals surface area contributed by atoms with Crippen LogP contribution in [0, 0.1) is 0 Å². The van der Waals surface area contributed by atoms with Gasteiger partial charge >= 0.3 is 0 Å². The summed E-state index contributed by atoms with van der Waals surface area (Å²) in [6, 6.07) is 5.82. The molecule has 80 valence electrons. The zero-order chi connectivity index (χ0) is 9.64. The van der Waals surface area contributed by atoms with Crippen molar-refractivity contribution in [2.24, 2.45) is 0 Å². The van der Waals surface area contributed by atoms with Crippen LogP contribution < -0.4 is 5.32 Å². The number of ether oxygens (including phenoxy) is 1. The predicted octanol–water partition coefficient (Wildman–Crippen LogP) is 0.396. The number of allylic oxidation sites excluding steroid dienone is 1. The Morgan fingerprint density at radius 2 is 2.33 bits per heavy atom. The van der Waals surface area contributed by atoms with Gasteiger partial charge in [0.1, 0.15) is 18.9 Å². The van der Waals surface area contributed by atoms with Crippen LogP contribution in [-0.2, 0) is 11.3 Å². The minimum atomic E-state index is 0. The van der Waals surface area contributed by atoms with Crippen LogP contribution in [0.25, 0.3) is 0 Å². The van der Waals surface area contributed by atoms with Gasteiger partial charge in [0.25, 0.3) is 0 Å². The van der Waals surface area contributed by atoms with Gasteiger partial charge in [0.2, 0.25) is 0 Å². The smallest absolute Gasteiger partial charge is 0.130 e. The normalized spacial score (nSPS) is 14.0. The minimum absolute atomic E-state index is 0. The Bertz CT molecular complexity index is 347. The first-order chi connectivity index (χ1) is 6.95. The van der Waals surface area contributed by atoms with Crippen LogP contribution in [0.15, 0.2) is 48.5 Å². The van der Waals surface area contributed by atoms with Gasteiger partial charge in [-0.05, 0) is 12.1 Å². The fraction of sp³-hybridized carbons (Fsp3) is 0.182. The Hall–Kier alpha value is -1.65. The van der Waals surface area contributed by atoms with E-state index in [1.54, 1.807) is 6.20 Å². The molecule has 0 radical (unpaired) electrons. The molecule has 1 aromatic heterocycles. The van der Waals surface area contributed by atoms with E-state index in [0.717, 1.165) is 18.0 Å². The Morgan fingerprint density at radius 1 is 1.40 bits per heavy atom. The highest BCUT2D eigenvalue weighted by Crippen LogP contribution is 2.04. The van der Waals surface area contributed by atoms with E-state index >= 15 is 0 Å². The van der Waals surface area contributed by atoms with Gasteiger partial charge in [0.15, 0.2) is 0 Å². The molecule has 0 spiro atoms. The average Bonchev–Trinajstić information content (AvgIpc) is 2.29. The number of quaternary nitrogens is 1. The second-order valence-corrected chi connectivity index (χ2v) is 3.05. The van der Waals surface area contributed by atoms with E-state index in [9.17, 15) is 0 Å². The molecule has 15 heavy (non-hydrogen) atoms. The first kappa shape index (κ1) is 11.4. The van der Waals surface area contributed by atoms with Crippen molar-refractivity contribution in [1.82, 2.24) is 4.98 Å². The van der Waals surface area contributed by atoms with E-state index in [0.29, 0.717) is 6.61 Å². The summed E-state index contributed by atoms with van der Waals surface area (Å²) >= 11 is 0. The first-order valence-electron chi connectivity index (χ1n) is 4.68. The topological polar surface area (TPSA) is 68.7 Å². The molecule has 0 fully saturated rings. The zero-order valence-electron chi connectivity index (χ0n) is 8.34. The largest absolute Gasteiger partial charge is 0.870 e. The van der Waals surface area contributed by atoms with Gasteiger partial charge in [-0.15, -0.1) is 0 Å². The molecular weight excluding hydrogens is 192 g/mol. The molecule has 0 bridgehead atoms. The van der Waals surface area contributed by atoms with Crippen molar-refractivity contribution in [3.63, 3.8) is 0 Å². The lowest BCUT2D eigenvalue weighted by molar-refractivity contribution is -0.579. The molecule has 4 nitrogen and oxygen atoms in total. The molecule has 3 N–H and O–H groups in total. The summed E-state index contributed by atoms with van der Waals surface area (Å²) in [6.45, 7) is 1.49. The number of rotatable bonds is 3. The molecule has 2 rings (SSSR count). The van der Waals surface area contributed by atoms with Crippen molar-refractivity contribution in [2.45, 2.75) is 6.61 Å². The highest BCUT2D eigenvalue weighted by atomic mass is 16.5. The molecule has 0 aliphatic carbocycles. The first-order valence-corrected chi connectivity index (χ1v) is 4.68. The number of pyridine rings is 1. The summed E-state index contributed by atoms with van der Waals surface area (Å²) in [5.74, 6) is 0.929. The number of nitrogens with zero attached hydrogens (tertiary/aromatic N) is 1. The maximum Gasteiger partial charge on any atom is 0.130 e. The molecule has 4 heteroatoms. The average molecular weight is 206 g/mol. The second-order valence-electron chi connectivity index (χ2n) is 3.05. The summed E-state index contributed by atoms with van der Waals surface area (Å²) < 4.78 is 5.56. The van der Waals surface area contributed by atoms with E-state index in [1.165, 1.54) is 0 Å². The second kappa shape index (κ2) is 5.95. The van der Waals surface area contributed by atoms with E-state index in [4.69, 9.17) is 4.74 Å². The molecule has 2 heterocycles. The third-order valence-corrected chi connectivity index (χ3v) is 1.96. The van der Waals surface area contributed by atoms with E-state index < -0.39 is 0 Å². The molecule has 0 saturated carbocycles. The Kier molecular flexibility index (Phi) is 4.53. The lowest BCUT2D eigenvalue weighted by Gasteiger charge is -2.07.